The molecule has 0 saturated heterocycles. The van der Waals surface area contributed by atoms with Crippen LogP contribution in [-0.2, 0) is 23.9 Å². The Morgan fingerprint density at radius 2 is 1.72 bits per heavy atom. The van der Waals surface area contributed by atoms with Gasteiger partial charge in [-0.25, -0.2) is 4.79 Å². The summed E-state index contributed by atoms with van der Waals surface area (Å²) in [4.78, 5) is 48.2. The van der Waals surface area contributed by atoms with E-state index in [1.165, 1.54) is 6.92 Å². The third-order valence-electron chi connectivity index (χ3n) is 3.77. The second kappa shape index (κ2) is 12.4. The van der Waals surface area contributed by atoms with Crippen molar-refractivity contribution in [1.29, 1.82) is 0 Å². The van der Waals surface area contributed by atoms with Crippen LogP contribution in [0.15, 0.2) is 18.2 Å². The molecule has 0 unspecified atom stereocenters. The molecule has 9 heteroatoms. The van der Waals surface area contributed by atoms with Gasteiger partial charge in [-0.1, -0.05) is 0 Å². The summed E-state index contributed by atoms with van der Waals surface area (Å²) in [6.07, 6.45) is -0.0101. The number of carbonyl (C=O) groups excluding carboxylic acids is 4. The van der Waals surface area contributed by atoms with Gasteiger partial charge in [0.25, 0.3) is 5.91 Å². The zero-order chi connectivity index (χ0) is 21.8. The Balaban J connectivity index is 3.03. The van der Waals surface area contributed by atoms with Gasteiger partial charge in [0, 0.05) is 25.6 Å². The number of nitrogens with one attached hydrogen (secondary N) is 3. The molecular formula is C20H29N3O6. The van der Waals surface area contributed by atoms with Gasteiger partial charge in [-0.05, 0) is 45.4 Å². The van der Waals surface area contributed by atoms with Crippen molar-refractivity contribution < 1.29 is 28.7 Å². The summed E-state index contributed by atoms with van der Waals surface area (Å²) < 4.78 is 9.86. The highest BCUT2D eigenvalue weighted by Crippen LogP contribution is 2.21. The lowest BCUT2D eigenvalue weighted by Gasteiger charge is -2.19. The predicted octanol–water partition coefficient (Wildman–Crippen LogP) is 2.08. The van der Waals surface area contributed by atoms with E-state index in [1.807, 2.05) is 6.92 Å². The first-order valence-corrected chi connectivity index (χ1v) is 9.60. The van der Waals surface area contributed by atoms with Crippen LogP contribution in [0.25, 0.3) is 0 Å². The first-order chi connectivity index (χ1) is 13.8. The number of esters is 2. The largest absolute Gasteiger partial charge is 0.466 e. The molecule has 1 aromatic rings. The molecule has 0 aliphatic rings. The first-order valence-electron chi connectivity index (χ1n) is 9.60. The molecule has 0 aliphatic carbocycles. The molecular weight excluding hydrogens is 378 g/mol. The van der Waals surface area contributed by atoms with Crippen LogP contribution in [-0.4, -0.2) is 49.6 Å². The van der Waals surface area contributed by atoms with E-state index in [0.29, 0.717) is 12.2 Å². The molecule has 0 aromatic heterocycles. The van der Waals surface area contributed by atoms with Crippen molar-refractivity contribution in [3.8, 4) is 0 Å². The molecule has 3 N–H and O–H groups in total. The summed E-state index contributed by atoms with van der Waals surface area (Å²) >= 11 is 0. The van der Waals surface area contributed by atoms with E-state index >= 15 is 0 Å². The molecule has 0 radical (unpaired) electrons. The highest BCUT2D eigenvalue weighted by molar-refractivity contribution is 6.05. The minimum atomic E-state index is -1.02. The van der Waals surface area contributed by atoms with E-state index in [0.717, 1.165) is 5.69 Å². The zero-order valence-electron chi connectivity index (χ0n) is 17.3. The van der Waals surface area contributed by atoms with Gasteiger partial charge in [-0.2, -0.15) is 0 Å². The van der Waals surface area contributed by atoms with Crippen LogP contribution in [0.2, 0.25) is 0 Å². The summed E-state index contributed by atoms with van der Waals surface area (Å²) in [5.41, 5.74) is 1.23. The zero-order valence-corrected chi connectivity index (χ0v) is 17.3. The van der Waals surface area contributed by atoms with E-state index < -0.39 is 23.9 Å². The number of hydrogen-bond donors (Lipinski definition) is 3. The molecule has 0 spiro atoms. The molecule has 0 bridgehead atoms. The van der Waals surface area contributed by atoms with Crippen molar-refractivity contribution in [2.75, 3.05) is 30.4 Å². The van der Waals surface area contributed by atoms with E-state index in [2.05, 4.69) is 16.0 Å². The Hall–Kier alpha value is -3.10. The van der Waals surface area contributed by atoms with Crippen molar-refractivity contribution in [2.24, 2.45) is 0 Å². The molecule has 0 saturated carbocycles. The number of hydrogen-bond acceptors (Lipinski definition) is 7. The monoisotopic (exact) mass is 407 g/mol. The van der Waals surface area contributed by atoms with Gasteiger partial charge in [-0.3, -0.25) is 14.4 Å². The van der Waals surface area contributed by atoms with E-state index in [-0.39, 0.29) is 37.5 Å². The summed E-state index contributed by atoms with van der Waals surface area (Å²) in [5, 5.41) is 8.30. The molecule has 160 valence electrons. The topological polar surface area (TPSA) is 123 Å². The number of benzene rings is 1. The summed E-state index contributed by atoms with van der Waals surface area (Å²) in [5.74, 6) is -2.02. The minimum absolute atomic E-state index is 0.0361. The lowest BCUT2D eigenvalue weighted by molar-refractivity contribution is -0.146. The SMILES string of the molecule is CCNc1ccc(C(=O)N[C@@H](CCC(=O)OCC)C(=O)OCC)c(NC(C)=O)c1. The Labute approximate surface area is 170 Å². The molecule has 0 aliphatic heterocycles. The first kappa shape index (κ1) is 23.9. The van der Waals surface area contributed by atoms with Crippen LogP contribution < -0.4 is 16.0 Å². The Bertz CT molecular complexity index is 735. The van der Waals surface area contributed by atoms with Crippen molar-refractivity contribution in [3.63, 3.8) is 0 Å². The van der Waals surface area contributed by atoms with Crippen LogP contribution in [0.5, 0.6) is 0 Å². The molecule has 1 atom stereocenters. The predicted molar refractivity (Wildman–Crippen MR) is 109 cm³/mol. The second-order valence-electron chi connectivity index (χ2n) is 6.09. The van der Waals surface area contributed by atoms with Crippen molar-refractivity contribution in [2.45, 2.75) is 46.6 Å². The lowest BCUT2D eigenvalue weighted by atomic mass is 10.1. The lowest BCUT2D eigenvalue weighted by Crippen LogP contribution is -2.42. The average molecular weight is 407 g/mol. The fraction of sp³-hybridized carbons (Fsp3) is 0.500. The fourth-order valence-corrected chi connectivity index (χ4v) is 2.57. The highest BCUT2D eigenvalue weighted by atomic mass is 16.5. The van der Waals surface area contributed by atoms with Gasteiger partial charge in [-0.15, -0.1) is 0 Å². The second-order valence-corrected chi connectivity index (χ2v) is 6.09. The Morgan fingerprint density at radius 3 is 2.31 bits per heavy atom. The molecule has 29 heavy (non-hydrogen) atoms. The van der Waals surface area contributed by atoms with Gasteiger partial charge in [0.2, 0.25) is 5.91 Å². The number of amides is 2. The maximum absolute atomic E-state index is 12.8. The summed E-state index contributed by atoms with van der Waals surface area (Å²) in [6, 6.07) is 3.86. The van der Waals surface area contributed by atoms with Crippen LogP contribution in [0.1, 0.15) is 50.9 Å². The third kappa shape index (κ3) is 8.20. The maximum Gasteiger partial charge on any atom is 0.328 e. The van der Waals surface area contributed by atoms with Gasteiger partial charge < -0.3 is 25.4 Å². The molecule has 1 aromatic carbocycles. The Kier molecular flexibility index (Phi) is 10.2. The summed E-state index contributed by atoms with van der Waals surface area (Å²) in [7, 11) is 0. The van der Waals surface area contributed by atoms with E-state index in [9.17, 15) is 19.2 Å². The molecule has 2 amide bonds. The smallest absolute Gasteiger partial charge is 0.328 e. The molecule has 9 nitrogen and oxygen atoms in total. The summed E-state index contributed by atoms with van der Waals surface area (Å²) in [6.45, 7) is 7.63. The van der Waals surface area contributed by atoms with Crippen LogP contribution in [0, 0.1) is 0 Å². The highest BCUT2D eigenvalue weighted by Gasteiger charge is 2.25. The van der Waals surface area contributed by atoms with Crippen molar-refractivity contribution in [1.82, 2.24) is 5.32 Å². The van der Waals surface area contributed by atoms with E-state index in [1.54, 1.807) is 32.0 Å². The van der Waals surface area contributed by atoms with Crippen LogP contribution in [0.4, 0.5) is 11.4 Å². The van der Waals surface area contributed by atoms with Gasteiger partial charge in [0.15, 0.2) is 0 Å². The Morgan fingerprint density at radius 1 is 1.03 bits per heavy atom. The quantitative estimate of drug-likeness (QED) is 0.480. The van der Waals surface area contributed by atoms with Crippen LogP contribution >= 0.6 is 0 Å². The minimum Gasteiger partial charge on any atom is -0.466 e. The molecule has 1 rings (SSSR count). The average Bonchev–Trinajstić information content (AvgIpc) is 2.65. The van der Waals surface area contributed by atoms with Gasteiger partial charge in [0.05, 0.1) is 24.5 Å². The molecule has 0 heterocycles. The van der Waals surface area contributed by atoms with Crippen LogP contribution in [0.3, 0.4) is 0 Å². The number of anilines is 2. The van der Waals surface area contributed by atoms with Crippen molar-refractivity contribution >= 4 is 35.1 Å². The number of rotatable bonds is 11. The van der Waals surface area contributed by atoms with Gasteiger partial charge in [0.1, 0.15) is 6.04 Å². The normalized spacial score (nSPS) is 11.2. The van der Waals surface area contributed by atoms with Gasteiger partial charge >= 0.3 is 11.9 Å². The maximum atomic E-state index is 12.8. The number of ether oxygens (including phenoxy) is 2. The standard InChI is InChI=1S/C20H29N3O6/c1-5-21-14-8-9-15(17(12-14)22-13(4)24)19(26)23-16(20(27)29-7-3)10-11-18(25)28-6-2/h8-9,12,16,21H,5-7,10-11H2,1-4H3,(H,22,24)(H,23,26)/t16-/m0/s1. The third-order valence-corrected chi connectivity index (χ3v) is 3.77. The fourth-order valence-electron chi connectivity index (χ4n) is 2.57. The van der Waals surface area contributed by atoms with Crippen molar-refractivity contribution in [3.05, 3.63) is 23.8 Å². The number of carbonyl (C=O) groups is 4. The molecule has 0 fully saturated rings. The van der Waals surface area contributed by atoms with E-state index in [4.69, 9.17) is 9.47 Å².